The molecule has 0 unspecified atom stereocenters. The number of alkyl halides is 6. The highest BCUT2D eigenvalue weighted by atomic mass is 19.4. The summed E-state index contributed by atoms with van der Waals surface area (Å²) in [5, 5.41) is 9.16. The number of halogens is 7. The molecule has 0 atom stereocenters. The number of rotatable bonds is 12. The molecule has 0 spiro atoms. The summed E-state index contributed by atoms with van der Waals surface area (Å²) in [5.74, 6) is 0.0730. The number of piperidine rings is 2. The average molecular weight is 931 g/mol. The van der Waals surface area contributed by atoms with Crippen molar-refractivity contribution in [1.29, 1.82) is 5.26 Å². The first-order chi connectivity index (χ1) is 31.9. The molecule has 8 nitrogen and oxygen atoms in total. The minimum atomic E-state index is -4.51. The Labute approximate surface area is 388 Å². The summed E-state index contributed by atoms with van der Waals surface area (Å²) in [6, 6.07) is 28.0. The van der Waals surface area contributed by atoms with Gasteiger partial charge < -0.3 is 24.2 Å². The van der Waals surface area contributed by atoms with Crippen LogP contribution in [0.2, 0.25) is 0 Å². The molecule has 67 heavy (non-hydrogen) atoms. The van der Waals surface area contributed by atoms with Crippen molar-refractivity contribution in [3.05, 3.63) is 148 Å². The van der Waals surface area contributed by atoms with Gasteiger partial charge in [0.15, 0.2) is 0 Å². The third kappa shape index (κ3) is 12.6. The van der Waals surface area contributed by atoms with Gasteiger partial charge in [0, 0.05) is 29.5 Å². The van der Waals surface area contributed by atoms with Crippen LogP contribution < -0.4 is 4.90 Å². The van der Waals surface area contributed by atoms with Gasteiger partial charge in [0.25, 0.3) is 0 Å². The molecule has 8 rings (SSSR count). The number of hydrogen-bond acceptors (Lipinski definition) is 8. The van der Waals surface area contributed by atoms with Crippen molar-refractivity contribution in [2.45, 2.75) is 81.8 Å². The Bertz CT molecular complexity index is 2450. The lowest BCUT2D eigenvalue weighted by Gasteiger charge is -2.41. The van der Waals surface area contributed by atoms with Gasteiger partial charge in [0.05, 0.1) is 66.3 Å². The molecule has 0 saturated carbocycles. The number of anilines is 1. The van der Waals surface area contributed by atoms with E-state index in [2.05, 4.69) is 52.1 Å². The maximum absolute atomic E-state index is 13.7. The summed E-state index contributed by atoms with van der Waals surface area (Å²) in [5.41, 5.74) is 2.69. The molecule has 0 bridgehead atoms. The smallest absolute Gasteiger partial charge is 0.374 e. The van der Waals surface area contributed by atoms with Gasteiger partial charge in [0.2, 0.25) is 0 Å². The second kappa shape index (κ2) is 21.3. The third-order valence-electron chi connectivity index (χ3n) is 13.5. The normalized spacial score (nSPS) is 17.7. The Kier molecular flexibility index (Phi) is 15.7. The van der Waals surface area contributed by atoms with E-state index in [0.29, 0.717) is 35.7 Å². The van der Waals surface area contributed by atoms with Crippen molar-refractivity contribution in [1.82, 2.24) is 19.8 Å². The lowest BCUT2D eigenvalue weighted by Crippen LogP contribution is -2.43. The summed E-state index contributed by atoms with van der Waals surface area (Å²) in [6.07, 6.45) is -3.52. The lowest BCUT2D eigenvalue weighted by atomic mass is 9.73. The first-order valence-corrected chi connectivity index (χ1v) is 22.7. The summed E-state index contributed by atoms with van der Waals surface area (Å²) in [7, 11) is 4.15. The number of benzene rings is 3. The fourth-order valence-electron chi connectivity index (χ4n) is 9.26. The van der Waals surface area contributed by atoms with Gasteiger partial charge in [-0.15, -0.1) is 0 Å². The fraction of sp³-hybridized carbons (Fsp3) is 0.442. The molecule has 5 aromatic rings. The Morgan fingerprint density at radius 1 is 0.627 bits per heavy atom. The highest BCUT2D eigenvalue weighted by Gasteiger charge is 2.38. The molecule has 15 heteroatoms. The van der Waals surface area contributed by atoms with Crippen molar-refractivity contribution < 1.29 is 40.2 Å². The molecule has 0 radical (unpaired) electrons. The quantitative estimate of drug-likeness (QED) is 0.115. The molecular weight excluding hydrogens is 874 g/mol. The number of ether oxygens (including phenoxy) is 2. The van der Waals surface area contributed by atoms with Crippen LogP contribution in [0.3, 0.4) is 0 Å². The monoisotopic (exact) mass is 930 g/mol. The van der Waals surface area contributed by atoms with Crippen LogP contribution in [0.4, 0.5) is 36.6 Å². The van der Waals surface area contributed by atoms with E-state index in [9.17, 15) is 30.7 Å². The standard InChI is InChI=1S/C28H28F3N3O.C24H29F4N3O/c1-20-14-21(8-9-22(20)17-32)26-16-24(28(29,30)31)15-25(33-26)18-35-19-27(10-12-34(2)13-11-27)23-6-4-3-5-7-23;1-30-12-8-23(9-13-30,18-4-6-20(25)7-5-18)17-32-16-21-14-19(24(26,27)28)15-22(29-21)31-10-2-3-11-31/h3-9,14-16H,10-13,18-19H2,1-2H3;4-7,14-15H,2-3,8-13,16-17H2,1H3. The maximum Gasteiger partial charge on any atom is 0.416 e. The summed E-state index contributed by atoms with van der Waals surface area (Å²) in [6.45, 7) is 7.56. The van der Waals surface area contributed by atoms with Crippen LogP contribution in [0.1, 0.15) is 83.3 Å². The molecule has 0 amide bonds. The average Bonchev–Trinajstić information content (AvgIpc) is 3.86. The van der Waals surface area contributed by atoms with E-state index >= 15 is 0 Å². The summed E-state index contributed by atoms with van der Waals surface area (Å²) >= 11 is 0. The van der Waals surface area contributed by atoms with Crippen molar-refractivity contribution in [3.8, 4) is 17.3 Å². The van der Waals surface area contributed by atoms with Crippen LogP contribution in [-0.2, 0) is 45.9 Å². The van der Waals surface area contributed by atoms with Crippen molar-refractivity contribution in [2.24, 2.45) is 0 Å². The van der Waals surface area contributed by atoms with E-state index in [1.807, 2.05) is 23.1 Å². The SMILES string of the molecule is CN1CCC(COCc2cc(C(F)(F)F)cc(N3CCCC3)n2)(c2ccc(F)cc2)CC1.Cc1cc(-c2cc(C(F)(F)F)cc(COCC3(c4ccccc4)CCN(C)CC3)n2)ccc1C#N. The number of pyridine rings is 2. The van der Waals surface area contributed by atoms with E-state index in [1.165, 1.54) is 17.7 Å². The highest BCUT2D eigenvalue weighted by Crippen LogP contribution is 2.39. The molecule has 3 aliphatic rings. The Hall–Kier alpha value is -5.40. The molecule has 3 saturated heterocycles. The zero-order valence-corrected chi connectivity index (χ0v) is 38.2. The van der Waals surface area contributed by atoms with E-state index in [0.717, 1.165) is 108 Å². The summed E-state index contributed by atoms with van der Waals surface area (Å²) < 4.78 is 107. The molecule has 0 N–H and O–H groups in total. The van der Waals surface area contributed by atoms with Crippen LogP contribution in [-0.4, -0.2) is 86.3 Å². The molecule has 356 valence electrons. The second-order valence-corrected chi connectivity index (χ2v) is 18.3. The maximum atomic E-state index is 13.7. The van der Waals surface area contributed by atoms with E-state index in [4.69, 9.17) is 14.7 Å². The largest absolute Gasteiger partial charge is 0.416 e. The molecule has 0 aliphatic carbocycles. The van der Waals surface area contributed by atoms with Crippen LogP contribution in [0.25, 0.3) is 11.3 Å². The van der Waals surface area contributed by atoms with E-state index < -0.39 is 23.5 Å². The van der Waals surface area contributed by atoms with Gasteiger partial charge >= 0.3 is 12.4 Å². The van der Waals surface area contributed by atoms with Crippen molar-refractivity contribution in [2.75, 3.05) is 71.5 Å². The first kappa shape index (κ1) is 49.5. The predicted molar refractivity (Wildman–Crippen MR) is 244 cm³/mol. The predicted octanol–water partition coefficient (Wildman–Crippen LogP) is 11.1. The van der Waals surface area contributed by atoms with Gasteiger partial charge in [-0.3, -0.25) is 4.98 Å². The molecular formula is C52H57F7N6O2. The van der Waals surface area contributed by atoms with Crippen LogP contribution in [0.5, 0.6) is 0 Å². The number of hydrogen-bond donors (Lipinski definition) is 0. The summed E-state index contributed by atoms with van der Waals surface area (Å²) in [4.78, 5) is 15.4. The van der Waals surface area contributed by atoms with E-state index in [-0.39, 0.29) is 46.9 Å². The number of nitrogens with zero attached hydrogens (tertiary/aromatic N) is 6. The van der Waals surface area contributed by atoms with Gasteiger partial charge in [-0.1, -0.05) is 48.5 Å². The van der Waals surface area contributed by atoms with Crippen molar-refractivity contribution >= 4 is 5.82 Å². The van der Waals surface area contributed by atoms with Crippen LogP contribution in [0.15, 0.2) is 97.1 Å². The Morgan fingerprint density at radius 2 is 1.13 bits per heavy atom. The number of nitriles is 1. The lowest BCUT2D eigenvalue weighted by molar-refractivity contribution is -0.138. The zero-order chi connectivity index (χ0) is 47.8. The van der Waals surface area contributed by atoms with Crippen LogP contribution in [0, 0.1) is 24.1 Å². The highest BCUT2D eigenvalue weighted by molar-refractivity contribution is 5.63. The molecule has 3 aliphatic heterocycles. The van der Waals surface area contributed by atoms with Gasteiger partial charge in [-0.2, -0.15) is 31.6 Å². The topological polar surface area (TPSA) is 77.8 Å². The van der Waals surface area contributed by atoms with Crippen molar-refractivity contribution in [3.63, 3.8) is 0 Å². The third-order valence-corrected chi connectivity index (χ3v) is 13.5. The first-order valence-electron chi connectivity index (χ1n) is 22.7. The van der Waals surface area contributed by atoms with Gasteiger partial charge in [-0.25, -0.2) is 9.37 Å². The Balaban J connectivity index is 0.000000200. The minimum Gasteiger partial charge on any atom is -0.374 e. The fourth-order valence-corrected chi connectivity index (χ4v) is 9.26. The molecule has 5 heterocycles. The molecule has 3 aromatic carbocycles. The Morgan fingerprint density at radius 3 is 1.64 bits per heavy atom. The van der Waals surface area contributed by atoms with Crippen LogP contribution >= 0.6 is 0 Å². The van der Waals surface area contributed by atoms with Gasteiger partial charge in [-0.05, 0) is 151 Å². The molecule has 2 aromatic heterocycles. The second-order valence-electron chi connectivity index (χ2n) is 18.3. The van der Waals surface area contributed by atoms with Gasteiger partial charge in [0.1, 0.15) is 11.6 Å². The number of aryl methyl sites for hydroxylation is 1. The number of aromatic nitrogens is 2. The minimum absolute atomic E-state index is 0.00352. The number of likely N-dealkylation sites (tertiary alicyclic amines) is 2. The zero-order valence-electron chi connectivity index (χ0n) is 38.2. The molecule has 3 fully saturated rings. The van der Waals surface area contributed by atoms with E-state index in [1.54, 1.807) is 37.3 Å².